The molecule has 0 radical (unpaired) electrons. The van der Waals surface area contributed by atoms with Crippen molar-refractivity contribution in [1.82, 2.24) is 4.90 Å². The van der Waals surface area contributed by atoms with Crippen molar-refractivity contribution in [2.45, 2.75) is 39.2 Å². The molecule has 1 fully saturated rings. The van der Waals surface area contributed by atoms with Crippen molar-refractivity contribution in [2.75, 3.05) is 36.1 Å². The zero-order chi connectivity index (χ0) is 24.0. The van der Waals surface area contributed by atoms with Crippen LogP contribution in [0.5, 0.6) is 5.75 Å². The number of halogens is 1. The minimum atomic E-state index is -0.313. The number of piperidine rings is 1. The second kappa shape index (κ2) is 11.0. The molecule has 0 bridgehead atoms. The van der Waals surface area contributed by atoms with Crippen LogP contribution in [0.15, 0.2) is 36.4 Å². The van der Waals surface area contributed by atoms with Crippen molar-refractivity contribution >= 4 is 46.4 Å². The Bertz CT molecular complexity index is 1040. The van der Waals surface area contributed by atoms with Crippen molar-refractivity contribution in [3.05, 3.63) is 47.0 Å². The molecule has 0 aliphatic carbocycles. The van der Waals surface area contributed by atoms with E-state index >= 15 is 0 Å². The van der Waals surface area contributed by atoms with E-state index in [1.54, 1.807) is 36.4 Å². The third kappa shape index (κ3) is 6.38. The zero-order valence-electron chi connectivity index (χ0n) is 19.0. The van der Waals surface area contributed by atoms with Gasteiger partial charge in [-0.3, -0.25) is 14.4 Å². The molecule has 1 atom stereocenters. The van der Waals surface area contributed by atoms with Crippen LogP contribution in [-0.4, -0.2) is 48.9 Å². The smallest absolute Gasteiger partial charge is 0.255 e. The average molecular weight is 473 g/mol. The highest BCUT2D eigenvalue weighted by Gasteiger charge is 2.25. The standard InChI is InChI=1S/C24H29ClN4O4/c1-15-6-4-5-11-29(15)24(32)19-9-7-17(12-20(19)25)26-14-23(31)28-21-13-18(27-16(2)30)8-10-22(21)33-3/h7-10,12-13,15,26H,4-6,11,14H2,1-3H3,(H,27,30)(H,28,31). The van der Waals surface area contributed by atoms with E-state index in [4.69, 9.17) is 16.3 Å². The molecule has 1 heterocycles. The summed E-state index contributed by atoms with van der Waals surface area (Å²) in [5.74, 6) is -0.128. The van der Waals surface area contributed by atoms with Gasteiger partial charge in [0.1, 0.15) is 5.75 Å². The molecule has 0 aromatic heterocycles. The molecule has 1 aliphatic rings. The maximum atomic E-state index is 12.9. The van der Waals surface area contributed by atoms with Crippen molar-refractivity contribution in [3.8, 4) is 5.75 Å². The number of carbonyl (C=O) groups excluding carboxylic acids is 3. The van der Waals surface area contributed by atoms with Crippen LogP contribution in [0.1, 0.15) is 43.5 Å². The van der Waals surface area contributed by atoms with E-state index in [1.165, 1.54) is 14.0 Å². The van der Waals surface area contributed by atoms with Gasteiger partial charge in [0.15, 0.2) is 0 Å². The van der Waals surface area contributed by atoms with Gasteiger partial charge in [0.2, 0.25) is 11.8 Å². The summed E-state index contributed by atoms with van der Waals surface area (Å²) in [6.07, 6.45) is 3.13. The summed E-state index contributed by atoms with van der Waals surface area (Å²) in [6.45, 7) is 4.17. The Morgan fingerprint density at radius 1 is 1.09 bits per heavy atom. The van der Waals surface area contributed by atoms with Gasteiger partial charge in [-0.05, 0) is 62.6 Å². The molecule has 1 unspecified atom stereocenters. The molecule has 3 amide bonds. The molecule has 1 aliphatic heterocycles. The van der Waals surface area contributed by atoms with Gasteiger partial charge in [-0.15, -0.1) is 0 Å². The quantitative estimate of drug-likeness (QED) is 0.555. The van der Waals surface area contributed by atoms with E-state index in [9.17, 15) is 14.4 Å². The van der Waals surface area contributed by atoms with E-state index in [0.29, 0.717) is 33.4 Å². The predicted octanol–water partition coefficient (Wildman–Crippen LogP) is 4.37. The van der Waals surface area contributed by atoms with Gasteiger partial charge >= 0.3 is 0 Å². The number of hydrogen-bond acceptors (Lipinski definition) is 5. The number of nitrogens with zero attached hydrogens (tertiary/aromatic N) is 1. The molecule has 0 saturated carbocycles. The topological polar surface area (TPSA) is 99.8 Å². The molecule has 176 valence electrons. The lowest BCUT2D eigenvalue weighted by Crippen LogP contribution is -2.42. The van der Waals surface area contributed by atoms with Crippen molar-refractivity contribution < 1.29 is 19.1 Å². The first-order valence-electron chi connectivity index (χ1n) is 10.9. The fourth-order valence-corrected chi connectivity index (χ4v) is 4.08. The number of carbonyl (C=O) groups is 3. The number of ether oxygens (including phenoxy) is 1. The third-order valence-electron chi connectivity index (χ3n) is 5.51. The van der Waals surface area contributed by atoms with Crippen LogP contribution < -0.4 is 20.7 Å². The number of nitrogens with one attached hydrogen (secondary N) is 3. The number of methoxy groups -OCH3 is 1. The second-order valence-electron chi connectivity index (χ2n) is 8.04. The second-order valence-corrected chi connectivity index (χ2v) is 8.44. The molecule has 8 nitrogen and oxygen atoms in total. The highest BCUT2D eigenvalue weighted by molar-refractivity contribution is 6.34. The lowest BCUT2D eigenvalue weighted by Gasteiger charge is -2.33. The van der Waals surface area contributed by atoms with Gasteiger partial charge in [-0.1, -0.05) is 11.6 Å². The Balaban J connectivity index is 1.62. The number of benzene rings is 2. The number of likely N-dealkylation sites (tertiary alicyclic amines) is 1. The van der Waals surface area contributed by atoms with Crippen molar-refractivity contribution in [3.63, 3.8) is 0 Å². The lowest BCUT2D eigenvalue weighted by molar-refractivity contribution is -0.115. The first kappa shape index (κ1) is 24.4. The van der Waals surface area contributed by atoms with Gasteiger partial charge in [0.25, 0.3) is 5.91 Å². The van der Waals surface area contributed by atoms with Gasteiger partial charge in [-0.2, -0.15) is 0 Å². The normalized spacial score (nSPS) is 15.5. The first-order chi connectivity index (χ1) is 15.8. The highest BCUT2D eigenvalue weighted by Crippen LogP contribution is 2.28. The van der Waals surface area contributed by atoms with E-state index in [0.717, 1.165) is 25.8 Å². The summed E-state index contributed by atoms with van der Waals surface area (Å²) in [6, 6.07) is 10.2. The SMILES string of the molecule is COc1ccc(NC(C)=O)cc1NC(=O)CNc1ccc(C(=O)N2CCCCC2C)c(Cl)c1. The highest BCUT2D eigenvalue weighted by atomic mass is 35.5. The fraction of sp³-hybridized carbons (Fsp3) is 0.375. The van der Waals surface area contributed by atoms with Gasteiger partial charge < -0.3 is 25.6 Å². The molecule has 3 rings (SSSR count). The average Bonchev–Trinajstić information content (AvgIpc) is 2.77. The van der Waals surface area contributed by atoms with Gasteiger partial charge in [0.05, 0.1) is 29.9 Å². The molecule has 2 aromatic carbocycles. The van der Waals surface area contributed by atoms with Crippen LogP contribution in [0.3, 0.4) is 0 Å². The van der Waals surface area contributed by atoms with Crippen LogP contribution in [0, 0.1) is 0 Å². The summed E-state index contributed by atoms with van der Waals surface area (Å²) >= 11 is 6.40. The van der Waals surface area contributed by atoms with Crippen LogP contribution in [-0.2, 0) is 9.59 Å². The van der Waals surface area contributed by atoms with Crippen molar-refractivity contribution in [2.24, 2.45) is 0 Å². The maximum absolute atomic E-state index is 12.9. The van der Waals surface area contributed by atoms with E-state index < -0.39 is 0 Å². The van der Waals surface area contributed by atoms with Crippen LogP contribution >= 0.6 is 11.6 Å². The molecule has 33 heavy (non-hydrogen) atoms. The van der Waals surface area contributed by atoms with Crippen molar-refractivity contribution in [1.29, 1.82) is 0 Å². The van der Waals surface area contributed by atoms with E-state index in [1.807, 2.05) is 4.90 Å². The molecule has 1 saturated heterocycles. The minimum absolute atomic E-state index is 0.0275. The largest absolute Gasteiger partial charge is 0.495 e. The van der Waals surface area contributed by atoms with Gasteiger partial charge in [0, 0.05) is 30.9 Å². The van der Waals surface area contributed by atoms with Crippen LogP contribution in [0.25, 0.3) is 0 Å². The summed E-state index contributed by atoms with van der Waals surface area (Å²) in [4.78, 5) is 38.5. The monoisotopic (exact) mass is 472 g/mol. The number of amides is 3. The third-order valence-corrected chi connectivity index (χ3v) is 5.82. The maximum Gasteiger partial charge on any atom is 0.255 e. The molecule has 2 aromatic rings. The first-order valence-corrected chi connectivity index (χ1v) is 11.3. The Morgan fingerprint density at radius 3 is 2.52 bits per heavy atom. The Morgan fingerprint density at radius 2 is 1.85 bits per heavy atom. The summed E-state index contributed by atoms with van der Waals surface area (Å²) in [5, 5.41) is 8.79. The number of anilines is 3. The lowest BCUT2D eigenvalue weighted by atomic mass is 10.0. The predicted molar refractivity (Wildman–Crippen MR) is 130 cm³/mol. The Hall–Kier alpha value is -3.26. The molecule has 0 spiro atoms. The molecule has 3 N–H and O–H groups in total. The Labute approximate surface area is 198 Å². The fourth-order valence-electron chi connectivity index (χ4n) is 3.82. The van der Waals surface area contributed by atoms with Crippen LogP contribution in [0.4, 0.5) is 17.1 Å². The van der Waals surface area contributed by atoms with Gasteiger partial charge in [-0.25, -0.2) is 0 Å². The summed E-state index contributed by atoms with van der Waals surface area (Å²) < 4.78 is 5.28. The van der Waals surface area contributed by atoms with Crippen LogP contribution in [0.2, 0.25) is 5.02 Å². The van der Waals surface area contributed by atoms with E-state index in [-0.39, 0.29) is 30.3 Å². The van der Waals surface area contributed by atoms with E-state index in [2.05, 4.69) is 22.9 Å². The summed E-state index contributed by atoms with van der Waals surface area (Å²) in [5.41, 5.74) is 2.06. The molecular formula is C24H29ClN4O4. The number of hydrogen-bond donors (Lipinski definition) is 3. The minimum Gasteiger partial charge on any atom is -0.495 e. The Kier molecular flexibility index (Phi) is 8.16. The zero-order valence-corrected chi connectivity index (χ0v) is 19.8. The molecule has 9 heteroatoms. The summed E-state index contributed by atoms with van der Waals surface area (Å²) in [7, 11) is 1.50. The number of rotatable bonds is 7. The molecular weight excluding hydrogens is 444 g/mol.